The van der Waals surface area contributed by atoms with Gasteiger partial charge in [0, 0.05) is 19.2 Å². The van der Waals surface area contributed by atoms with Gasteiger partial charge in [0.1, 0.15) is 18.5 Å². The van der Waals surface area contributed by atoms with Crippen molar-refractivity contribution >= 4 is 16.1 Å². The van der Waals surface area contributed by atoms with Crippen molar-refractivity contribution in [2.75, 3.05) is 33.1 Å². The van der Waals surface area contributed by atoms with Crippen LogP contribution in [0.5, 0.6) is 17.2 Å². The van der Waals surface area contributed by atoms with Gasteiger partial charge in [0.25, 0.3) is 0 Å². The number of fused-ring (bicyclic) bond motifs is 2. The van der Waals surface area contributed by atoms with Crippen molar-refractivity contribution in [2.45, 2.75) is 74.6 Å². The Bertz CT molecular complexity index is 1860. The Labute approximate surface area is 303 Å². The minimum Gasteiger partial charge on any atom is -0.489 e. The van der Waals surface area contributed by atoms with Crippen LogP contribution in [0.3, 0.4) is 0 Å². The number of hydrogen-bond acceptors (Lipinski definition) is 11. The van der Waals surface area contributed by atoms with Crippen LogP contribution in [0.15, 0.2) is 71.6 Å². The van der Waals surface area contributed by atoms with Gasteiger partial charge in [-0.15, -0.1) is 0 Å². The Morgan fingerprint density at radius 2 is 1.81 bits per heavy atom. The van der Waals surface area contributed by atoms with Gasteiger partial charge in [-0.3, -0.25) is 0 Å². The maximum absolute atomic E-state index is 14.2. The average molecular weight is 734 g/mol. The number of nitrogens with zero attached hydrogens (tertiary/aromatic N) is 2. The van der Waals surface area contributed by atoms with Crippen molar-refractivity contribution in [1.82, 2.24) is 9.62 Å². The van der Waals surface area contributed by atoms with Crippen LogP contribution in [0.2, 0.25) is 0 Å². The van der Waals surface area contributed by atoms with E-state index in [0.717, 1.165) is 36.8 Å². The molecule has 1 saturated carbocycles. The summed E-state index contributed by atoms with van der Waals surface area (Å²) in [5.41, 5.74) is 2.18. The van der Waals surface area contributed by atoms with Crippen molar-refractivity contribution in [3.63, 3.8) is 0 Å². The number of carbonyl (C=O) groups is 1. The quantitative estimate of drug-likeness (QED) is 0.240. The number of alkyl carbamates (subject to hydrolysis) is 1. The minimum absolute atomic E-state index is 0.0114. The molecule has 5 atom stereocenters. The van der Waals surface area contributed by atoms with Gasteiger partial charge >= 0.3 is 6.09 Å². The summed E-state index contributed by atoms with van der Waals surface area (Å²) >= 11 is 0. The Morgan fingerprint density at radius 1 is 1.00 bits per heavy atom. The fourth-order valence-corrected chi connectivity index (χ4v) is 8.85. The SMILES string of the molecule is N#Cc1cccc(COc2ccc(C[C@H](NC(=O)O[C@H]3CO[C@H]4OCC[C@H]43)[C@H](O)CN(CC3CCCC3)S(=O)(=O)c3ccc4c(c3)OCO4)cc2)c1. The topological polar surface area (TPSA) is 166 Å². The van der Waals surface area contributed by atoms with E-state index in [1.165, 1.54) is 16.4 Å². The zero-order valence-electron chi connectivity index (χ0n) is 28.7. The van der Waals surface area contributed by atoms with E-state index < -0.39 is 40.7 Å². The van der Waals surface area contributed by atoms with Crippen LogP contribution in [-0.2, 0) is 37.3 Å². The zero-order valence-corrected chi connectivity index (χ0v) is 29.5. The summed E-state index contributed by atoms with van der Waals surface area (Å²) in [7, 11) is -4.08. The van der Waals surface area contributed by atoms with Crippen molar-refractivity contribution in [3.8, 4) is 23.3 Å². The largest absolute Gasteiger partial charge is 0.489 e. The van der Waals surface area contributed by atoms with Gasteiger partial charge < -0.3 is 38.8 Å². The molecule has 7 rings (SSSR count). The van der Waals surface area contributed by atoms with Crippen LogP contribution in [0, 0.1) is 23.2 Å². The Kier molecular flexibility index (Phi) is 11.1. The van der Waals surface area contributed by atoms with Gasteiger partial charge in [-0.2, -0.15) is 9.57 Å². The zero-order chi connectivity index (χ0) is 36.1. The van der Waals surface area contributed by atoms with E-state index in [2.05, 4.69) is 11.4 Å². The van der Waals surface area contributed by atoms with Gasteiger partial charge in [0.05, 0.1) is 47.8 Å². The molecule has 3 heterocycles. The normalized spacial score (nSPS) is 22.1. The second-order valence-corrected chi connectivity index (χ2v) is 15.7. The summed E-state index contributed by atoms with van der Waals surface area (Å²) in [5.74, 6) is 1.49. The lowest BCUT2D eigenvalue weighted by Crippen LogP contribution is -2.51. The summed E-state index contributed by atoms with van der Waals surface area (Å²) in [4.78, 5) is 13.4. The van der Waals surface area contributed by atoms with Crippen LogP contribution in [0.25, 0.3) is 0 Å². The number of carbonyl (C=O) groups excluding carboxylic acids is 1. The van der Waals surface area contributed by atoms with Gasteiger partial charge in [-0.05, 0) is 79.1 Å². The van der Waals surface area contributed by atoms with Crippen LogP contribution in [0.1, 0.15) is 48.8 Å². The molecule has 1 aliphatic carbocycles. The lowest BCUT2D eigenvalue weighted by Gasteiger charge is -2.31. The molecule has 52 heavy (non-hydrogen) atoms. The first kappa shape index (κ1) is 36.0. The number of ether oxygens (including phenoxy) is 6. The number of nitrogens with one attached hydrogen (secondary N) is 1. The summed E-state index contributed by atoms with van der Waals surface area (Å²) < 4.78 is 63.5. The molecule has 276 valence electrons. The third kappa shape index (κ3) is 8.46. The van der Waals surface area contributed by atoms with Gasteiger partial charge in [-0.25, -0.2) is 13.2 Å². The highest BCUT2D eigenvalue weighted by Crippen LogP contribution is 2.36. The lowest BCUT2D eigenvalue weighted by atomic mass is 10.0. The van der Waals surface area contributed by atoms with E-state index in [1.807, 2.05) is 18.2 Å². The third-order valence-corrected chi connectivity index (χ3v) is 12.0. The first-order chi connectivity index (χ1) is 25.2. The molecule has 13 nitrogen and oxygen atoms in total. The van der Waals surface area contributed by atoms with E-state index in [4.69, 9.17) is 28.4 Å². The van der Waals surface area contributed by atoms with E-state index in [9.17, 15) is 23.6 Å². The van der Waals surface area contributed by atoms with Gasteiger partial charge in [0.2, 0.25) is 16.8 Å². The summed E-state index contributed by atoms with van der Waals surface area (Å²) in [6.45, 7) is 0.997. The minimum atomic E-state index is -4.08. The molecule has 14 heteroatoms. The number of aliphatic hydroxyl groups excluding tert-OH is 1. The van der Waals surface area contributed by atoms with Crippen molar-refractivity contribution in [1.29, 1.82) is 5.26 Å². The molecule has 1 amide bonds. The number of hydrogen-bond donors (Lipinski definition) is 2. The van der Waals surface area contributed by atoms with Gasteiger partial charge in [0.15, 0.2) is 17.8 Å². The van der Waals surface area contributed by atoms with Crippen molar-refractivity contribution in [2.24, 2.45) is 11.8 Å². The molecular weight excluding hydrogens is 690 g/mol. The first-order valence-electron chi connectivity index (χ1n) is 17.7. The summed E-state index contributed by atoms with van der Waals surface area (Å²) in [6, 6.07) is 20.1. The molecule has 0 unspecified atom stereocenters. The molecule has 0 radical (unpaired) electrons. The Morgan fingerprint density at radius 3 is 2.62 bits per heavy atom. The highest BCUT2D eigenvalue weighted by atomic mass is 32.2. The smallest absolute Gasteiger partial charge is 0.407 e. The highest BCUT2D eigenvalue weighted by molar-refractivity contribution is 7.89. The van der Waals surface area contributed by atoms with E-state index >= 15 is 0 Å². The number of amides is 1. The molecule has 3 aliphatic heterocycles. The first-order valence-corrected chi connectivity index (χ1v) is 19.2. The molecule has 4 aliphatic rings. The second kappa shape index (κ2) is 16.1. The molecule has 3 aromatic rings. The lowest BCUT2D eigenvalue weighted by molar-refractivity contribution is -0.0907. The molecule has 2 N–H and O–H groups in total. The Balaban J connectivity index is 1.08. The molecule has 0 spiro atoms. The third-order valence-electron chi connectivity index (χ3n) is 10.2. The van der Waals surface area contributed by atoms with E-state index in [1.54, 1.807) is 36.4 Å². The fraction of sp³-hybridized carbons (Fsp3) is 0.474. The van der Waals surface area contributed by atoms with Crippen LogP contribution < -0.4 is 19.5 Å². The molecule has 2 saturated heterocycles. The number of rotatable bonds is 14. The predicted molar refractivity (Wildman–Crippen MR) is 186 cm³/mol. The standard InChI is InChI=1S/C38H43N3O10S/c39-19-27-6-3-7-28(16-27)22-47-29-10-8-25(9-11-29)17-32(40-38(43)51-36-23-48-37-31(36)14-15-46-37)33(42)21-41(20-26-4-1-2-5-26)52(44,45)30-12-13-34-35(18-30)50-24-49-34/h3,6-13,16,18,26,31-33,36-37,42H,1-2,4-5,14-15,17,20-24H2,(H,40,43)/t31-,32-,33+,36-,37+/m0/s1. The number of benzene rings is 3. The Hall–Kier alpha value is -4.39. The maximum atomic E-state index is 14.2. The highest BCUT2D eigenvalue weighted by Gasteiger charge is 2.44. The molecule has 0 bridgehead atoms. The fourth-order valence-electron chi connectivity index (χ4n) is 7.30. The van der Waals surface area contributed by atoms with E-state index in [0.29, 0.717) is 35.8 Å². The van der Waals surface area contributed by atoms with Crippen LogP contribution in [0.4, 0.5) is 4.79 Å². The van der Waals surface area contributed by atoms with Crippen LogP contribution >= 0.6 is 0 Å². The van der Waals surface area contributed by atoms with Crippen molar-refractivity contribution < 1.29 is 46.7 Å². The van der Waals surface area contributed by atoms with Crippen LogP contribution in [-0.4, -0.2) is 81.6 Å². The summed E-state index contributed by atoms with van der Waals surface area (Å²) in [6.07, 6.45) is 1.78. The monoisotopic (exact) mass is 733 g/mol. The van der Waals surface area contributed by atoms with Gasteiger partial charge in [-0.1, -0.05) is 37.1 Å². The number of nitriles is 1. The number of aliphatic hydroxyl groups is 1. The maximum Gasteiger partial charge on any atom is 0.407 e. The molecule has 3 aromatic carbocycles. The number of sulfonamides is 1. The predicted octanol–water partition coefficient (Wildman–Crippen LogP) is 4.51. The average Bonchev–Trinajstić information content (AvgIpc) is 3.98. The molecule has 0 aromatic heterocycles. The molecular formula is C38H43N3O10S. The molecule has 3 fully saturated rings. The second-order valence-electron chi connectivity index (χ2n) is 13.7. The van der Waals surface area contributed by atoms with Crippen molar-refractivity contribution in [3.05, 3.63) is 83.4 Å². The summed E-state index contributed by atoms with van der Waals surface area (Å²) in [5, 5.41) is 23.9. The van der Waals surface area contributed by atoms with E-state index in [-0.39, 0.29) is 56.2 Å².